The second-order valence-electron chi connectivity index (χ2n) is 3.82. The Balaban J connectivity index is 2.05. The molecule has 2 N–H and O–H groups in total. The number of aryl methyl sites for hydroxylation is 1. The van der Waals surface area contributed by atoms with E-state index >= 15 is 0 Å². The highest BCUT2D eigenvalue weighted by molar-refractivity contribution is 5.54. The summed E-state index contributed by atoms with van der Waals surface area (Å²) in [5.41, 5.74) is 8.84. The Morgan fingerprint density at radius 2 is 1.81 bits per heavy atom. The topological polar surface area (TPSA) is 35.2 Å². The van der Waals surface area contributed by atoms with E-state index in [1.54, 1.807) is 0 Å². The maximum absolute atomic E-state index is 5.86. The fraction of sp³-hybridized carbons (Fsp3) is 0.143. The Kier molecular flexibility index (Phi) is 3.10. The monoisotopic (exact) mass is 213 g/mol. The van der Waals surface area contributed by atoms with Gasteiger partial charge in [-0.25, -0.2) is 0 Å². The molecule has 2 aromatic rings. The van der Waals surface area contributed by atoms with E-state index in [2.05, 4.69) is 0 Å². The van der Waals surface area contributed by atoms with Crippen LogP contribution in [0.5, 0.6) is 5.75 Å². The summed E-state index contributed by atoms with van der Waals surface area (Å²) >= 11 is 0. The van der Waals surface area contributed by atoms with Crippen molar-refractivity contribution in [3.05, 3.63) is 59.7 Å². The molecule has 0 aliphatic rings. The van der Waals surface area contributed by atoms with Crippen LogP contribution in [0.3, 0.4) is 0 Å². The van der Waals surface area contributed by atoms with Gasteiger partial charge in [0.05, 0.1) is 5.69 Å². The quantitative estimate of drug-likeness (QED) is 0.795. The Labute approximate surface area is 95.7 Å². The summed E-state index contributed by atoms with van der Waals surface area (Å²) in [5, 5.41) is 0. The Hall–Kier alpha value is -1.96. The van der Waals surface area contributed by atoms with E-state index in [9.17, 15) is 0 Å². The van der Waals surface area contributed by atoms with Crippen molar-refractivity contribution in [2.75, 3.05) is 5.73 Å². The van der Waals surface area contributed by atoms with Crippen LogP contribution in [0.25, 0.3) is 0 Å². The van der Waals surface area contributed by atoms with Crippen LogP contribution in [-0.2, 0) is 6.61 Å². The van der Waals surface area contributed by atoms with Gasteiger partial charge in [0.25, 0.3) is 0 Å². The van der Waals surface area contributed by atoms with Crippen LogP contribution in [0, 0.1) is 6.92 Å². The SMILES string of the molecule is Cc1ccc(OCc2ccccc2)c(N)c1. The fourth-order valence-corrected chi connectivity index (χ4v) is 1.53. The van der Waals surface area contributed by atoms with E-state index in [1.807, 2.05) is 55.5 Å². The van der Waals surface area contributed by atoms with E-state index in [0.29, 0.717) is 12.3 Å². The summed E-state index contributed by atoms with van der Waals surface area (Å²) in [6.45, 7) is 2.56. The third-order valence-electron chi connectivity index (χ3n) is 2.40. The predicted octanol–water partition coefficient (Wildman–Crippen LogP) is 3.16. The van der Waals surface area contributed by atoms with E-state index < -0.39 is 0 Å². The van der Waals surface area contributed by atoms with Crippen molar-refractivity contribution in [3.8, 4) is 5.75 Å². The molecule has 0 fully saturated rings. The molecule has 0 bridgehead atoms. The number of anilines is 1. The van der Waals surface area contributed by atoms with Crippen LogP contribution < -0.4 is 10.5 Å². The lowest BCUT2D eigenvalue weighted by atomic mass is 10.2. The minimum absolute atomic E-state index is 0.550. The molecule has 0 saturated heterocycles. The van der Waals surface area contributed by atoms with Crippen LogP contribution in [0.4, 0.5) is 5.69 Å². The van der Waals surface area contributed by atoms with Crippen LogP contribution in [0.2, 0.25) is 0 Å². The zero-order valence-electron chi connectivity index (χ0n) is 9.31. The lowest BCUT2D eigenvalue weighted by Gasteiger charge is -2.09. The first-order valence-electron chi connectivity index (χ1n) is 5.28. The van der Waals surface area contributed by atoms with E-state index in [-0.39, 0.29) is 0 Å². The minimum atomic E-state index is 0.550. The van der Waals surface area contributed by atoms with Gasteiger partial charge in [-0.2, -0.15) is 0 Å². The van der Waals surface area contributed by atoms with Crippen molar-refractivity contribution in [2.45, 2.75) is 13.5 Å². The van der Waals surface area contributed by atoms with E-state index in [1.165, 1.54) is 0 Å². The molecule has 0 unspecified atom stereocenters. The minimum Gasteiger partial charge on any atom is -0.487 e. The molecule has 0 spiro atoms. The maximum atomic E-state index is 5.86. The zero-order chi connectivity index (χ0) is 11.4. The van der Waals surface area contributed by atoms with Crippen LogP contribution in [0.15, 0.2) is 48.5 Å². The normalized spacial score (nSPS) is 10.1. The lowest BCUT2D eigenvalue weighted by Crippen LogP contribution is -1.98. The molecule has 0 saturated carbocycles. The predicted molar refractivity (Wildman–Crippen MR) is 66.4 cm³/mol. The van der Waals surface area contributed by atoms with Gasteiger partial charge in [0.15, 0.2) is 0 Å². The van der Waals surface area contributed by atoms with Gasteiger partial charge in [-0.05, 0) is 30.2 Å². The summed E-state index contributed by atoms with van der Waals surface area (Å²) in [7, 11) is 0. The molecular weight excluding hydrogens is 198 g/mol. The fourth-order valence-electron chi connectivity index (χ4n) is 1.53. The Morgan fingerprint density at radius 3 is 2.50 bits per heavy atom. The van der Waals surface area contributed by atoms with Gasteiger partial charge in [0, 0.05) is 0 Å². The first kappa shape index (κ1) is 10.6. The first-order chi connectivity index (χ1) is 7.75. The molecule has 2 nitrogen and oxygen atoms in total. The summed E-state index contributed by atoms with van der Waals surface area (Å²) in [6.07, 6.45) is 0. The van der Waals surface area contributed by atoms with Gasteiger partial charge >= 0.3 is 0 Å². The molecular formula is C14H15NO. The first-order valence-corrected chi connectivity index (χ1v) is 5.28. The van der Waals surface area contributed by atoms with Crippen LogP contribution >= 0.6 is 0 Å². The smallest absolute Gasteiger partial charge is 0.142 e. The summed E-state index contributed by atoms with van der Waals surface area (Å²) in [6, 6.07) is 15.9. The number of hydrogen-bond acceptors (Lipinski definition) is 2. The number of hydrogen-bond donors (Lipinski definition) is 1. The van der Waals surface area contributed by atoms with Crippen molar-refractivity contribution in [2.24, 2.45) is 0 Å². The maximum Gasteiger partial charge on any atom is 0.142 e. The zero-order valence-corrected chi connectivity index (χ0v) is 9.31. The second-order valence-corrected chi connectivity index (χ2v) is 3.82. The largest absolute Gasteiger partial charge is 0.487 e. The van der Waals surface area contributed by atoms with Crippen molar-refractivity contribution in [1.29, 1.82) is 0 Å². The standard InChI is InChI=1S/C14H15NO/c1-11-7-8-14(13(15)9-11)16-10-12-5-3-2-4-6-12/h2-9H,10,15H2,1H3. The Morgan fingerprint density at radius 1 is 1.06 bits per heavy atom. The van der Waals surface area contributed by atoms with Gasteiger partial charge in [-0.3, -0.25) is 0 Å². The van der Waals surface area contributed by atoms with Gasteiger partial charge in [0.2, 0.25) is 0 Å². The highest BCUT2D eigenvalue weighted by atomic mass is 16.5. The summed E-state index contributed by atoms with van der Waals surface area (Å²) < 4.78 is 5.65. The van der Waals surface area contributed by atoms with Crippen molar-refractivity contribution in [3.63, 3.8) is 0 Å². The van der Waals surface area contributed by atoms with Gasteiger partial charge in [-0.1, -0.05) is 36.4 Å². The highest BCUT2D eigenvalue weighted by Gasteiger charge is 2.00. The molecule has 0 heterocycles. The van der Waals surface area contributed by atoms with Crippen molar-refractivity contribution in [1.82, 2.24) is 0 Å². The number of ether oxygens (including phenoxy) is 1. The number of benzene rings is 2. The molecule has 0 radical (unpaired) electrons. The third kappa shape index (κ3) is 2.54. The molecule has 2 aromatic carbocycles. The lowest BCUT2D eigenvalue weighted by molar-refractivity contribution is 0.308. The molecule has 16 heavy (non-hydrogen) atoms. The van der Waals surface area contributed by atoms with Gasteiger partial charge in [0.1, 0.15) is 12.4 Å². The van der Waals surface area contributed by atoms with Crippen LogP contribution in [-0.4, -0.2) is 0 Å². The number of nitrogens with two attached hydrogens (primary N) is 1. The molecule has 2 rings (SSSR count). The van der Waals surface area contributed by atoms with Gasteiger partial charge < -0.3 is 10.5 Å². The van der Waals surface area contributed by atoms with Crippen molar-refractivity contribution < 1.29 is 4.74 Å². The molecule has 0 aliphatic carbocycles. The van der Waals surface area contributed by atoms with Crippen LogP contribution in [0.1, 0.15) is 11.1 Å². The third-order valence-corrected chi connectivity index (χ3v) is 2.40. The van der Waals surface area contributed by atoms with E-state index in [0.717, 1.165) is 16.9 Å². The van der Waals surface area contributed by atoms with E-state index in [4.69, 9.17) is 10.5 Å². The average molecular weight is 213 g/mol. The molecule has 2 heteroatoms. The number of rotatable bonds is 3. The molecule has 0 amide bonds. The van der Waals surface area contributed by atoms with Crippen molar-refractivity contribution >= 4 is 5.69 Å². The second kappa shape index (κ2) is 4.71. The number of nitrogen functional groups attached to an aromatic ring is 1. The highest BCUT2D eigenvalue weighted by Crippen LogP contribution is 2.23. The summed E-state index contributed by atoms with van der Waals surface area (Å²) in [5.74, 6) is 0.745. The average Bonchev–Trinajstić information content (AvgIpc) is 2.29. The molecule has 0 atom stereocenters. The molecule has 0 aliphatic heterocycles. The summed E-state index contributed by atoms with van der Waals surface area (Å²) in [4.78, 5) is 0. The molecule has 0 aromatic heterocycles. The molecule has 82 valence electrons. The Bertz CT molecular complexity index is 465. The van der Waals surface area contributed by atoms with Gasteiger partial charge in [-0.15, -0.1) is 0 Å².